The number of aliphatic carboxylic acids is 1. The standard InChI is InChI=1S/C18H24N2O5/c1-2-12-7-9-18(10-8-12,17(23)24)20-16(22)13-3-5-14(6-4-13)25-11-15(19)21/h3-6,12H,2,7-11H2,1H3,(H2,19,21)(H,20,22)(H,23,24). The second-order valence-corrected chi connectivity index (χ2v) is 6.47. The lowest BCUT2D eigenvalue weighted by molar-refractivity contribution is -0.146. The minimum atomic E-state index is -1.20. The smallest absolute Gasteiger partial charge is 0.329 e. The Labute approximate surface area is 146 Å². The van der Waals surface area contributed by atoms with E-state index in [0.29, 0.717) is 30.1 Å². The van der Waals surface area contributed by atoms with Crippen LogP contribution in [0.4, 0.5) is 0 Å². The van der Waals surface area contributed by atoms with Crippen LogP contribution < -0.4 is 15.8 Å². The number of ether oxygens (including phenoxy) is 1. The van der Waals surface area contributed by atoms with Crippen LogP contribution in [-0.2, 0) is 9.59 Å². The van der Waals surface area contributed by atoms with Gasteiger partial charge in [0.15, 0.2) is 6.61 Å². The summed E-state index contributed by atoms with van der Waals surface area (Å²) in [6, 6.07) is 6.14. The van der Waals surface area contributed by atoms with Crippen LogP contribution in [-0.4, -0.2) is 35.0 Å². The maximum Gasteiger partial charge on any atom is 0.329 e. The first kappa shape index (κ1) is 18.8. The topological polar surface area (TPSA) is 119 Å². The molecule has 1 aliphatic rings. The van der Waals surface area contributed by atoms with Crippen molar-refractivity contribution in [1.29, 1.82) is 0 Å². The lowest BCUT2D eigenvalue weighted by Gasteiger charge is -2.37. The van der Waals surface area contributed by atoms with Gasteiger partial charge in [-0.3, -0.25) is 9.59 Å². The fourth-order valence-electron chi connectivity index (χ4n) is 3.12. The Morgan fingerprint density at radius 3 is 2.32 bits per heavy atom. The summed E-state index contributed by atoms with van der Waals surface area (Å²) in [6.07, 6.45) is 3.49. The summed E-state index contributed by atoms with van der Waals surface area (Å²) in [6.45, 7) is 1.85. The van der Waals surface area contributed by atoms with Crippen LogP contribution in [0.5, 0.6) is 5.75 Å². The molecule has 1 aromatic rings. The van der Waals surface area contributed by atoms with Gasteiger partial charge in [0.05, 0.1) is 0 Å². The van der Waals surface area contributed by atoms with Crippen molar-refractivity contribution in [3.05, 3.63) is 29.8 Å². The molecule has 0 aromatic heterocycles. The van der Waals surface area contributed by atoms with Crippen LogP contribution in [0, 0.1) is 5.92 Å². The highest BCUT2D eigenvalue weighted by Gasteiger charge is 2.43. The van der Waals surface area contributed by atoms with E-state index in [4.69, 9.17) is 10.5 Å². The Bertz CT molecular complexity index is 633. The molecule has 0 aliphatic heterocycles. The molecule has 2 amide bonds. The van der Waals surface area contributed by atoms with Crippen molar-refractivity contribution < 1.29 is 24.2 Å². The molecule has 1 aromatic carbocycles. The van der Waals surface area contributed by atoms with E-state index in [1.165, 1.54) is 12.1 Å². The lowest BCUT2D eigenvalue weighted by atomic mass is 9.75. The molecule has 136 valence electrons. The van der Waals surface area contributed by atoms with Crippen molar-refractivity contribution in [3.8, 4) is 5.75 Å². The number of nitrogens with one attached hydrogen (secondary N) is 1. The van der Waals surface area contributed by atoms with Gasteiger partial charge in [-0.05, 0) is 55.9 Å². The van der Waals surface area contributed by atoms with Crippen LogP contribution >= 0.6 is 0 Å². The highest BCUT2D eigenvalue weighted by molar-refractivity contribution is 5.98. The zero-order valence-corrected chi connectivity index (χ0v) is 14.3. The van der Waals surface area contributed by atoms with E-state index in [1.807, 2.05) is 0 Å². The first-order valence-electron chi connectivity index (χ1n) is 8.43. The summed E-state index contributed by atoms with van der Waals surface area (Å²) in [4.78, 5) is 34.9. The summed E-state index contributed by atoms with van der Waals surface area (Å²) < 4.78 is 5.13. The van der Waals surface area contributed by atoms with Gasteiger partial charge in [-0.25, -0.2) is 4.79 Å². The molecular weight excluding hydrogens is 324 g/mol. The quantitative estimate of drug-likeness (QED) is 0.693. The van der Waals surface area contributed by atoms with Crippen LogP contribution in [0.25, 0.3) is 0 Å². The van der Waals surface area contributed by atoms with E-state index in [0.717, 1.165) is 19.3 Å². The average Bonchev–Trinajstić information content (AvgIpc) is 2.60. The third-order valence-electron chi connectivity index (χ3n) is 4.80. The Morgan fingerprint density at radius 1 is 1.24 bits per heavy atom. The molecule has 1 saturated carbocycles. The Morgan fingerprint density at radius 2 is 1.84 bits per heavy atom. The lowest BCUT2D eigenvalue weighted by Crippen LogP contribution is -2.56. The summed E-state index contributed by atoms with van der Waals surface area (Å²) in [5.74, 6) is -1.08. The Kier molecular flexibility index (Phi) is 6.01. The SMILES string of the molecule is CCC1CCC(NC(=O)c2ccc(OCC(N)=O)cc2)(C(=O)O)CC1. The molecule has 0 heterocycles. The molecule has 1 aliphatic carbocycles. The molecule has 4 N–H and O–H groups in total. The number of nitrogens with two attached hydrogens (primary N) is 1. The predicted octanol–water partition coefficient (Wildman–Crippen LogP) is 1.70. The number of hydrogen-bond donors (Lipinski definition) is 3. The van der Waals surface area contributed by atoms with Crippen molar-refractivity contribution in [1.82, 2.24) is 5.32 Å². The maximum atomic E-state index is 12.5. The monoisotopic (exact) mass is 348 g/mol. The number of carboxylic acid groups (broad SMARTS) is 1. The van der Waals surface area contributed by atoms with Gasteiger partial charge in [0, 0.05) is 5.56 Å². The molecular formula is C18H24N2O5. The van der Waals surface area contributed by atoms with Crippen molar-refractivity contribution >= 4 is 17.8 Å². The van der Waals surface area contributed by atoms with E-state index in [2.05, 4.69) is 12.2 Å². The summed E-state index contributed by atoms with van der Waals surface area (Å²) in [5.41, 5.74) is 4.13. The molecule has 0 spiro atoms. The molecule has 1 fully saturated rings. The molecule has 7 nitrogen and oxygen atoms in total. The van der Waals surface area contributed by atoms with Gasteiger partial charge in [0.1, 0.15) is 11.3 Å². The van der Waals surface area contributed by atoms with Crippen LogP contribution in [0.15, 0.2) is 24.3 Å². The van der Waals surface area contributed by atoms with E-state index >= 15 is 0 Å². The molecule has 0 saturated heterocycles. The number of rotatable bonds is 7. The molecule has 2 rings (SSSR count). The molecule has 0 atom stereocenters. The van der Waals surface area contributed by atoms with Gasteiger partial charge < -0.3 is 20.9 Å². The molecule has 0 radical (unpaired) electrons. The minimum absolute atomic E-state index is 0.244. The second-order valence-electron chi connectivity index (χ2n) is 6.47. The Balaban J connectivity index is 2.04. The maximum absolute atomic E-state index is 12.5. The van der Waals surface area contributed by atoms with Crippen molar-refractivity contribution in [2.45, 2.75) is 44.6 Å². The van der Waals surface area contributed by atoms with Crippen LogP contribution in [0.1, 0.15) is 49.4 Å². The number of hydrogen-bond acceptors (Lipinski definition) is 4. The largest absolute Gasteiger partial charge is 0.484 e. The molecule has 0 unspecified atom stereocenters. The van der Waals surface area contributed by atoms with Gasteiger partial charge in [-0.1, -0.05) is 13.3 Å². The number of carboxylic acids is 1. The number of primary amides is 1. The molecule has 7 heteroatoms. The van der Waals surface area contributed by atoms with E-state index in [-0.39, 0.29) is 6.61 Å². The van der Waals surface area contributed by atoms with Gasteiger partial charge in [0.25, 0.3) is 11.8 Å². The summed E-state index contributed by atoms with van der Waals surface area (Å²) >= 11 is 0. The van der Waals surface area contributed by atoms with Gasteiger partial charge in [-0.15, -0.1) is 0 Å². The third kappa shape index (κ3) is 4.71. The number of benzene rings is 1. The summed E-state index contributed by atoms with van der Waals surface area (Å²) in [5, 5.41) is 12.3. The number of amides is 2. The van der Waals surface area contributed by atoms with Crippen LogP contribution in [0.2, 0.25) is 0 Å². The van der Waals surface area contributed by atoms with Crippen LogP contribution in [0.3, 0.4) is 0 Å². The summed E-state index contributed by atoms with van der Waals surface area (Å²) in [7, 11) is 0. The fraction of sp³-hybridized carbons (Fsp3) is 0.500. The van der Waals surface area contributed by atoms with E-state index < -0.39 is 23.3 Å². The first-order chi connectivity index (χ1) is 11.9. The van der Waals surface area contributed by atoms with Crippen molar-refractivity contribution in [3.63, 3.8) is 0 Å². The highest BCUT2D eigenvalue weighted by atomic mass is 16.5. The zero-order valence-electron chi connectivity index (χ0n) is 14.3. The second kappa shape index (κ2) is 8.00. The van der Waals surface area contributed by atoms with Gasteiger partial charge in [-0.2, -0.15) is 0 Å². The zero-order chi connectivity index (χ0) is 18.4. The fourth-order valence-corrected chi connectivity index (χ4v) is 3.12. The van der Waals surface area contributed by atoms with Gasteiger partial charge >= 0.3 is 5.97 Å². The third-order valence-corrected chi connectivity index (χ3v) is 4.80. The van der Waals surface area contributed by atoms with E-state index in [9.17, 15) is 19.5 Å². The molecule has 25 heavy (non-hydrogen) atoms. The van der Waals surface area contributed by atoms with Crippen molar-refractivity contribution in [2.24, 2.45) is 11.7 Å². The van der Waals surface area contributed by atoms with Gasteiger partial charge in [0.2, 0.25) is 0 Å². The minimum Gasteiger partial charge on any atom is -0.484 e. The Hall–Kier alpha value is -2.57. The van der Waals surface area contributed by atoms with E-state index in [1.54, 1.807) is 12.1 Å². The first-order valence-corrected chi connectivity index (χ1v) is 8.43. The average molecular weight is 348 g/mol. The highest BCUT2D eigenvalue weighted by Crippen LogP contribution is 2.34. The predicted molar refractivity (Wildman–Crippen MR) is 91.2 cm³/mol. The van der Waals surface area contributed by atoms with Crippen molar-refractivity contribution in [2.75, 3.05) is 6.61 Å². The number of carbonyl (C=O) groups is 3. The number of carbonyl (C=O) groups excluding carboxylic acids is 2. The normalized spacial score (nSPS) is 22.8. The molecule has 0 bridgehead atoms.